The highest BCUT2D eigenvalue weighted by atomic mass is 16.6. The van der Waals surface area contributed by atoms with Gasteiger partial charge >= 0.3 is 11.9 Å². The van der Waals surface area contributed by atoms with Crippen LogP contribution in [-0.2, 0) is 19.1 Å². The van der Waals surface area contributed by atoms with Crippen molar-refractivity contribution >= 4 is 11.9 Å². The molecule has 2 aliphatic heterocycles. The van der Waals surface area contributed by atoms with Crippen LogP contribution in [0.4, 0.5) is 0 Å². The zero-order chi connectivity index (χ0) is 13.0. The summed E-state index contributed by atoms with van der Waals surface area (Å²) in [5.74, 6) is 2.17. The lowest BCUT2D eigenvalue weighted by Gasteiger charge is -2.12. The lowest BCUT2D eigenvalue weighted by molar-refractivity contribution is -0.144. The summed E-state index contributed by atoms with van der Waals surface area (Å²) in [4.78, 5) is 21.9. The van der Waals surface area contributed by atoms with Gasteiger partial charge in [-0.1, -0.05) is 0 Å². The van der Waals surface area contributed by atoms with Gasteiger partial charge in [0.1, 0.15) is 12.2 Å². The minimum absolute atomic E-state index is 0.0532. The molecular formula is C15H20O4. The number of ether oxygens (including phenoxy) is 2. The molecule has 6 atom stereocenters. The Morgan fingerprint density at radius 2 is 1.79 bits per heavy atom. The Hall–Kier alpha value is -1.06. The maximum atomic E-state index is 11.1. The van der Waals surface area contributed by atoms with Crippen LogP contribution in [0.3, 0.4) is 0 Å². The molecule has 104 valence electrons. The minimum Gasteiger partial charge on any atom is -0.462 e. The fraction of sp³-hybridized carbons (Fsp3) is 0.867. The van der Waals surface area contributed by atoms with E-state index in [1.165, 1.54) is 12.8 Å². The third kappa shape index (κ3) is 1.87. The van der Waals surface area contributed by atoms with Gasteiger partial charge in [-0.3, -0.25) is 9.59 Å². The van der Waals surface area contributed by atoms with E-state index in [-0.39, 0.29) is 24.0 Å². The Balaban J connectivity index is 0.000000103. The van der Waals surface area contributed by atoms with Gasteiger partial charge in [0.2, 0.25) is 0 Å². The van der Waals surface area contributed by atoms with Crippen molar-refractivity contribution in [3.05, 3.63) is 0 Å². The van der Waals surface area contributed by atoms with Crippen molar-refractivity contribution in [3.63, 3.8) is 0 Å². The van der Waals surface area contributed by atoms with Gasteiger partial charge in [0, 0.05) is 5.92 Å². The van der Waals surface area contributed by atoms with E-state index < -0.39 is 0 Å². The van der Waals surface area contributed by atoms with Gasteiger partial charge in [-0.15, -0.1) is 0 Å². The van der Waals surface area contributed by atoms with Gasteiger partial charge in [0.05, 0.1) is 11.8 Å². The van der Waals surface area contributed by atoms with Gasteiger partial charge in [0.15, 0.2) is 0 Å². The van der Waals surface area contributed by atoms with Gasteiger partial charge in [0.25, 0.3) is 0 Å². The van der Waals surface area contributed by atoms with E-state index in [1.807, 2.05) is 0 Å². The Morgan fingerprint density at radius 1 is 0.895 bits per heavy atom. The number of hydrogen-bond donors (Lipinski definition) is 0. The molecule has 4 heteroatoms. The Bertz CT molecular complexity index is 416. The maximum absolute atomic E-state index is 11.1. The summed E-state index contributed by atoms with van der Waals surface area (Å²) in [6.45, 7) is 0. The predicted octanol–water partition coefficient (Wildman–Crippen LogP) is 2.06. The number of carbonyl (C=O) groups is 2. The number of rotatable bonds is 0. The normalized spacial score (nSPS) is 48.6. The fourth-order valence-corrected chi connectivity index (χ4v) is 4.66. The van der Waals surface area contributed by atoms with Crippen LogP contribution < -0.4 is 0 Å². The van der Waals surface area contributed by atoms with Crippen molar-refractivity contribution in [2.45, 2.75) is 57.2 Å². The molecule has 0 spiro atoms. The summed E-state index contributed by atoms with van der Waals surface area (Å²) in [5.41, 5.74) is 0. The lowest BCUT2D eigenvalue weighted by atomic mass is 9.90. The second kappa shape index (κ2) is 4.22. The van der Waals surface area contributed by atoms with Crippen LogP contribution in [0.15, 0.2) is 0 Å². The molecule has 0 aromatic carbocycles. The van der Waals surface area contributed by atoms with Gasteiger partial charge in [-0.25, -0.2) is 0 Å². The highest BCUT2D eigenvalue weighted by molar-refractivity contribution is 5.76. The van der Waals surface area contributed by atoms with Crippen molar-refractivity contribution in [3.8, 4) is 0 Å². The third-order valence-electron chi connectivity index (χ3n) is 5.57. The second-order valence-electron chi connectivity index (χ2n) is 6.74. The molecule has 2 heterocycles. The fourth-order valence-electron chi connectivity index (χ4n) is 4.66. The summed E-state index contributed by atoms with van der Waals surface area (Å²) >= 11 is 0. The molecule has 5 rings (SSSR count). The molecule has 5 aliphatic rings. The zero-order valence-corrected chi connectivity index (χ0v) is 11.0. The second-order valence-corrected chi connectivity index (χ2v) is 6.74. The molecule has 3 saturated carbocycles. The topological polar surface area (TPSA) is 52.6 Å². The lowest BCUT2D eigenvalue weighted by Crippen LogP contribution is -2.15. The first-order valence-corrected chi connectivity index (χ1v) is 7.61. The van der Waals surface area contributed by atoms with E-state index in [9.17, 15) is 9.59 Å². The number of carbonyl (C=O) groups excluding carboxylic acids is 2. The Morgan fingerprint density at radius 3 is 2.42 bits per heavy atom. The monoisotopic (exact) mass is 264 g/mol. The molecule has 0 N–H and O–H groups in total. The van der Waals surface area contributed by atoms with E-state index in [1.54, 1.807) is 0 Å². The molecule has 3 aliphatic carbocycles. The molecule has 5 fully saturated rings. The van der Waals surface area contributed by atoms with Crippen molar-refractivity contribution in [1.29, 1.82) is 0 Å². The summed E-state index contributed by atoms with van der Waals surface area (Å²) in [6.07, 6.45) is 8.51. The van der Waals surface area contributed by atoms with Crippen molar-refractivity contribution in [1.82, 2.24) is 0 Å². The molecule has 0 aromatic rings. The zero-order valence-electron chi connectivity index (χ0n) is 11.0. The minimum atomic E-state index is 0.0532. The smallest absolute Gasteiger partial charge is 0.309 e. The standard InChI is InChI=1S/C8H10O2.C7H10O2/c9-8-6-2-4-1-5(6)7(3-4)10-8;8-7-5-2-1-3-6(4-5)9-7/h4-7H,1-3H2;5-6H,1-4H2. The van der Waals surface area contributed by atoms with Crippen molar-refractivity contribution in [2.24, 2.45) is 23.7 Å². The average Bonchev–Trinajstić information content (AvgIpc) is 3.07. The van der Waals surface area contributed by atoms with Crippen LogP contribution in [0, 0.1) is 23.7 Å². The first-order chi connectivity index (χ1) is 9.20. The SMILES string of the molecule is O=C1OC2CC3CC1C2C3.O=C1OC2CCCC1C2. The van der Waals surface area contributed by atoms with Crippen LogP contribution in [0.25, 0.3) is 0 Å². The van der Waals surface area contributed by atoms with Crippen LogP contribution in [-0.4, -0.2) is 24.1 Å². The number of fused-ring (bicyclic) bond motifs is 3. The highest BCUT2D eigenvalue weighted by Crippen LogP contribution is 2.54. The van der Waals surface area contributed by atoms with Crippen LogP contribution in [0.2, 0.25) is 0 Å². The van der Waals surface area contributed by atoms with E-state index in [0.717, 1.165) is 38.0 Å². The Kier molecular flexibility index (Phi) is 2.61. The first-order valence-electron chi connectivity index (χ1n) is 7.61. The maximum Gasteiger partial charge on any atom is 0.309 e. The van der Waals surface area contributed by atoms with E-state index in [4.69, 9.17) is 9.47 Å². The molecule has 2 saturated heterocycles. The molecular weight excluding hydrogens is 244 g/mol. The summed E-state index contributed by atoms with van der Waals surface area (Å²) in [6, 6.07) is 0. The summed E-state index contributed by atoms with van der Waals surface area (Å²) < 4.78 is 10.2. The molecule has 4 nitrogen and oxygen atoms in total. The van der Waals surface area contributed by atoms with Crippen LogP contribution in [0.1, 0.15) is 44.9 Å². The molecule has 19 heavy (non-hydrogen) atoms. The number of hydrogen-bond acceptors (Lipinski definition) is 4. The van der Waals surface area contributed by atoms with E-state index in [2.05, 4.69) is 0 Å². The van der Waals surface area contributed by atoms with E-state index >= 15 is 0 Å². The average molecular weight is 264 g/mol. The molecule has 0 aromatic heterocycles. The molecule has 0 amide bonds. The molecule has 6 unspecified atom stereocenters. The van der Waals surface area contributed by atoms with Crippen molar-refractivity contribution in [2.75, 3.05) is 0 Å². The van der Waals surface area contributed by atoms with Crippen LogP contribution in [0.5, 0.6) is 0 Å². The first kappa shape index (κ1) is 11.7. The van der Waals surface area contributed by atoms with Gasteiger partial charge in [-0.05, 0) is 50.9 Å². The highest BCUT2D eigenvalue weighted by Gasteiger charge is 2.56. The van der Waals surface area contributed by atoms with Crippen LogP contribution >= 0.6 is 0 Å². The number of esters is 2. The van der Waals surface area contributed by atoms with E-state index in [0.29, 0.717) is 17.9 Å². The van der Waals surface area contributed by atoms with Crippen molar-refractivity contribution < 1.29 is 19.1 Å². The summed E-state index contributed by atoms with van der Waals surface area (Å²) in [5, 5.41) is 0. The van der Waals surface area contributed by atoms with Gasteiger partial charge < -0.3 is 9.47 Å². The largest absolute Gasteiger partial charge is 0.462 e. The molecule has 4 bridgehead atoms. The van der Waals surface area contributed by atoms with Gasteiger partial charge in [-0.2, -0.15) is 0 Å². The summed E-state index contributed by atoms with van der Waals surface area (Å²) in [7, 11) is 0. The quantitative estimate of drug-likeness (QED) is 0.628. The third-order valence-corrected chi connectivity index (χ3v) is 5.57. The predicted molar refractivity (Wildman–Crippen MR) is 66.0 cm³/mol. The Labute approximate surface area is 112 Å². The molecule has 0 radical (unpaired) electrons.